The number of likely N-dealkylation sites (tertiary alicyclic amines) is 1. The van der Waals surface area contributed by atoms with E-state index in [0.29, 0.717) is 26.1 Å². The number of aromatic nitrogens is 2. The quantitative estimate of drug-likeness (QED) is 0.428. The Balaban J connectivity index is 1.41. The van der Waals surface area contributed by atoms with Gasteiger partial charge in [-0.05, 0) is 56.4 Å². The lowest BCUT2D eigenvalue weighted by atomic mass is 9.95. The number of rotatable bonds is 4. The maximum absolute atomic E-state index is 13.9. The highest BCUT2D eigenvalue weighted by Gasteiger charge is 2.42. The van der Waals surface area contributed by atoms with Crippen molar-refractivity contribution in [1.29, 1.82) is 0 Å². The molecule has 0 spiro atoms. The Kier molecular flexibility index (Phi) is 6.62. The number of carbonyl (C=O) groups excluding carboxylic acids is 3. The van der Waals surface area contributed by atoms with Gasteiger partial charge in [0.15, 0.2) is 0 Å². The number of nitrogens with zero attached hydrogens (tertiary/aromatic N) is 3. The van der Waals surface area contributed by atoms with E-state index in [4.69, 9.17) is 9.47 Å². The van der Waals surface area contributed by atoms with E-state index >= 15 is 0 Å². The maximum atomic E-state index is 13.9. The lowest BCUT2D eigenvalue weighted by Gasteiger charge is -2.30. The van der Waals surface area contributed by atoms with Gasteiger partial charge in [0.1, 0.15) is 18.1 Å². The average molecular weight is 505 g/mol. The molecule has 2 amide bonds. The highest BCUT2D eigenvalue weighted by atomic mass is 16.6. The predicted molar refractivity (Wildman–Crippen MR) is 136 cm³/mol. The zero-order valence-electron chi connectivity index (χ0n) is 21.4. The first-order valence-electron chi connectivity index (χ1n) is 12.6. The first-order valence-corrected chi connectivity index (χ1v) is 12.6. The Labute approximate surface area is 215 Å². The normalized spacial score (nSPS) is 20.0. The Hall–Kier alpha value is -3.88. The fourth-order valence-electron chi connectivity index (χ4n) is 5.07. The number of benzene rings is 2. The largest absolute Gasteiger partial charge is 0.460 e. The van der Waals surface area contributed by atoms with Gasteiger partial charge in [-0.15, -0.1) is 0 Å². The van der Waals surface area contributed by atoms with Crippen molar-refractivity contribution in [2.45, 2.75) is 58.4 Å². The molecule has 0 aliphatic carbocycles. The van der Waals surface area contributed by atoms with Gasteiger partial charge >= 0.3 is 12.1 Å². The van der Waals surface area contributed by atoms with E-state index in [1.54, 1.807) is 16.0 Å². The van der Waals surface area contributed by atoms with Crippen LogP contribution >= 0.6 is 0 Å². The molecular formula is C28H32N4O5. The van der Waals surface area contributed by atoms with Gasteiger partial charge in [-0.3, -0.25) is 14.7 Å². The second-order valence-corrected chi connectivity index (χ2v) is 10.7. The van der Waals surface area contributed by atoms with Gasteiger partial charge in [0, 0.05) is 25.0 Å². The van der Waals surface area contributed by atoms with Crippen molar-refractivity contribution in [1.82, 2.24) is 20.0 Å². The molecule has 2 atom stereocenters. The van der Waals surface area contributed by atoms with Crippen molar-refractivity contribution < 1.29 is 23.9 Å². The molecule has 3 aromatic rings. The topological polar surface area (TPSA) is 105 Å². The molecule has 0 bridgehead atoms. The van der Waals surface area contributed by atoms with Crippen molar-refractivity contribution in [2.75, 3.05) is 13.1 Å². The summed E-state index contributed by atoms with van der Waals surface area (Å²) in [6.45, 7) is 6.76. The SMILES string of the molecule is CC(C)(C)OC(=O)N1CCC(N2Cc3c(ccc4[nH]ncc34)CC(C(=O)OCc3ccccc3)C2=O)C1. The van der Waals surface area contributed by atoms with E-state index in [1.165, 1.54) is 0 Å². The Morgan fingerprint density at radius 3 is 2.68 bits per heavy atom. The summed E-state index contributed by atoms with van der Waals surface area (Å²) in [4.78, 5) is 43.2. The number of hydrogen-bond donors (Lipinski definition) is 1. The summed E-state index contributed by atoms with van der Waals surface area (Å²) in [7, 11) is 0. The van der Waals surface area contributed by atoms with Crippen LogP contribution in [0, 0.1) is 5.92 Å². The smallest absolute Gasteiger partial charge is 0.410 e. The van der Waals surface area contributed by atoms with Gasteiger partial charge in [0.05, 0.1) is 17.8 Å². The van der Waals surface area contributed by atoms with Crippen LogP contribution in [-0.4, -0.2) is 62.7 Å². The number of fused-ring (bicyclic) bond motifs is 3. The van der Waals surface area contributed by atoms with Crippen molar-refractivity contribution in [2.24, 2.45) is 5.92 Å². The molecular weight excluding hydrogens is 472 g/mol. The van der Waals surface area contributed by atoms with Crippen LogP contribution in [0.1, 0.15) is 43.9 Å². The van der Waals surface area contributed by atoms with E-state index in [1.807, 2.05) is 63.2 Å². The summed E-state index contributed by atoms with van der Waals surface area (Å²) in [5, 5.41) is 8.09. The second kappa shape index (κ2) is 9.88. The van der Waals surface area contributed by atoms with Crippen molar-refractivity contribution in [3.63, 3.8) is 0 Å². The van der Waals surface area contributed by atoms with Crippen molar-refractivity contribution in [3.05, 3.63) is 65.4 Å². The van der Waals surface area contributed by atoms with Gasteiger partial charge in [-0.25, -0.2) is 4.79 Å². The molecule has 9 heteroatoms. The van der Waals surface area contributed by atoms with Crippen LogP contribution in [-0.2, 0) is 38.6 Å². The van der Waals surface area contributed by atoms with Gasteiger partial charge < -0.3 is 19.3 Å². The summed E-state index contributed by atoms with van der Waals surface area (Å²) in [6.07, 6.45) is 2.22. The number of esters is 1. The number of H-pyrrole nitrogens is 1. The summed E-state index contributed by atoms with van der Waals surface area (Å²) < 4.78 is 11.2. The van der Waals surface area contributed by atoms with Gasteiger partial charge in [-0.2, -0.15) is 5.10 Å². The summed E-state index contributed by atoms with van der Waals surface area (Å²) in [6, 6.07) is 13.0. The molecule has 9 nitrogen and oxygen atoms in total. The number of hydrogen-bond acceptors (Lipinski definition) is 6. The van der Waals surface area contributed by atoms with Gasteiger partial charge in [-0.1, -0.05) is 36.4 Å². The first kappa shape index (κ1) is 24.8. The molecule has 0 saturated carbocycles. The van der Waals surface area contributed by atoms with E-state index in [2.05, 4.69) is 10.2 Å². The summed E-state index contributed by atoms with van der Waals surface area (Å²) in [5.74, 6) is -1.78. The zero-order chi connectivity index (χ0) is 26.2. The molecule has 2 unspecified atom stereocenters. The van der Waals surface area contributed by atoms with Crippen LogP contribution in [0.5, 0.6) is 0 Å². The highest BCUT2D eigenvalue weighted by molar-refractivity contribution is 5.99. The van der Waals surface area contributed by atoms with E-state index in [0.717, 1.165) is 27.6 Å². The van der Waals surface area contributed by atoms with Gasteiger partial charge in [0.25, 0.3) is 0 Å². The van der Waals surface area contributed by atoms with Crippen molar-refractivity contribution in [3.8, 4) is 0 Å². The third kappa shape index (κ3) is 5.30. The van der Waals surface area contributed by atoms with Gasteiger partial charge in [0.2, 0.25) is 5.91 Å². The van der Waals surface area contributed by atoms with E-state index in [9.17, 15) is 14.4 Å². The average Bonchev–Trinajstić information content (AvgIpc) is 3.51. The number of amides is 2. The minimum Gasteiger partial charge on any atom is -0.460 e. The Bertz CT molecular complexity index is 1310. The van der Waals surface area contributed by atoms with Crippen LogP contribution in [0.2, 0.25) is 0 Å². The fourth-order valence-corrected chi connectivity index (χ4v) is 5.07. The number of nitrogens with one attached hydrogen (secondary N) is 1. The number of ether oxygens (including phenoxy) is 2. The molecule has 3 heterocycles. The van der Waals surface area contributed by atoms with E-state index < -0.39 is 23.6 Å². The summed E-state index contributed by atoms with van der Waals surface area (Å²) >= 11 is 0. The van der Waals surface area contributed by atoms with Crippen LogP contribution in [0.15, 0.2) is 48.7 Å². The zero-order valence-corrected chi connectivity index (χ0v) is 21.4. The number of aromatic amines is 1. The Morgan fingerprint density at radius 2 is 1.92 bits per heavy atom. The third-order valence-electron chi connectivity index (χ3n) is 6.93. The standard InChI is InChI=1S/C28H32N4O5/c1-28(2,3)37-27(35)31-12-11-20(15-31)32-16-23-19(9-10-24-22(23)14-29-30-24)13-21(25(32)33)26(34)36-17-18-7-5-4-6-8-18/h4-10,14,20-21H,11-13,15-17H2,1-3H3,(H,29,30). The minimum atomic E-state index is -0.968. The molecule has 1 N–H and O–H groups in total. The van der Waals surface area contributed by atoms with E-state index in [-0.39, 0.29) is 25.0 Å². The monoisotopic (exact) mass is 504 g/mol. The molecule has 0 radical (unpaired) electrons. The molecule has 2 aliphatic rings. The fraction of sp³-hybridized carbons (Fsp3) is 0.429. The molecule has 1 fully saturated rings. The lowest BCUT2D eigenvalue weighted by molar-refractivity contribution is -0.157. The molecule has 37 heavy (non-hydrogen) atoms. The Morgan fingerprint density at radius 1 is 1.14 bits per heavy atom. The number of carbonyl (C=O) groups is 3. The molecule has 1 aromatic heterocycles. The second-order valence-electron chi connectivity index (χ2n) is 10.7. The lowest BCUT2D eigenvalue weighted by Crippen LogP contribution is -2.46. The molecule has 1 saturated heterocycles. The van der Waals surface area contributed by atoms with Crippen LogP contribution in [0.4, 0.5) is 4.79 Å². The van der Waals surface area contributed by atoms with Crippen LogP contribution < -0.4 is 0 Å². The third-order valence-corrected chi connectivity index (χ3v) is 6.93. The molecule has 2 aromatic carbocycles. The highest BCUT2D eigenvalue weighted by Crippen LogP contribution is 2.32. The molecule has 2 aliphatic heterocycles. The van der Waals surface area contributed by atoms with Crippen LogP contribution in [0.3, 0.4) is 0 Å². The van der Waals surface area contributed by atoms with Crippen LogP contribution in [0.25, 0.3) is 10.9 Å². The molecule has 5 rings (SSSR count). The maximum Gasteiger partial charge on any atom is 0.410 e. The molecule has 194 valence electrons. The summed E-state index contributed by atoms with van der Waals surface area (Å²) in [5.41, 5.74) is 3.02. The van der Waals surface area contributed by atoms with Crippen molar-refractivity contribution >= 4 is 28.9 Å². The minimum absolute atomic E-state index is 0.104. The predicted octanol–water partition coefficient (Wildman–Crippen LogP) is 3.82. The first-order chi connectivity index (χ1) is 17.7.